The van der Waals surface area contributed by atoms with Gasteiger partial charge in [0.1, 0.15) is 13.2 Å². The van der Waals surface area contributed by atoms with Crippen LogP contribution >= 0.6 is 0 Å². The summed E-state index contributed by atoms with van der Waals surface area (Å²) in [6.07, 6.45) is 2.91. The normalized spacial score (nSPS) is 17.4. The third-order valence-electron chi connectivity index (χ3n) is 3.65. The van der Waals surface area contributed by atoms with Gasteiger partial charge in [-0.1, -0.05) is 29.4 Å². The minimum absolute atomic E-state index is 0.0304. The molecule has 0 radical (unpaired) electrons. The molecule has 3 rings (SSSR count). The first kappa shape index (κ1) is 13.8. The van der Waals surface area contributed by atoms with E-state index in [9.17, 15) is 4.79 Å². The number of aromatic nitrogens is 2. The van der Waals surface area contributed by atoms with Gasteiger partial charge in [0.15, 0.2) is 5.82 Å². The fourth-order valence-electron chi connectivity index (χ4n) is 2.64. The first-order valence-corrected chi connectivity index (χ1v) is 6.91. The zero-order valence-electron chi connectivity index (χ0n) is 11.5. The highest BCUT2D eigenvalue weighted by molar-refractivity contribution is 5.67. The van der Waals surface area contributed by atoms with Crippen molar-refractivity contribution in [3.63, 3.8) is 0 Å². The molecule has 0 saturated carbocycles. The molecule has 2 aromatic rings. The van der Waals surface area contributed by atoms with Gasteiger partial charge in [0, 0.05) is 5.92 Å². The maximum Gasteiger partial charge on any atom is 0.329 e. The minimum Gasteiger partial charge on any atom is -0.480 e. The molecule has 110 valence electrons. The summed E-state index contributed by atoms with van der Waals surface area (Å²) in [6, 6.07) is 8.40. The Kier molecular flexibility index (Phi) is 3.96. The minimum atomic E-state index is -1.02. The molecule has 6 heteroatoms. The molecule has 1 N–H and O–H groups in total. The molecule has 0 saturated heterocycles. The quantitative estimate of drug-likeness (QED) is 0.905. The van der Waals surface area contributed by atoms with Gasteiger partial charge in [-0.2, -0.15) is 4.98 Å². The SMILES string of the molecule is O=C(O)COCc1nc(C2CCc3ccccc3C2)no1. The predicted octanol–water partition coefficient (Wildman–Crippen LogP) is 1.94. The van der Waals surface area contributed by atoms with Crippen LogP contribution in [0.2, 0.25) is 0 Å². The molecular formula is C15H16N2O4. The van der Waals surface area contributed by atoms with Gasteiger partial charge in [-0.3, -0.25) is 0 Å². The number of aryl methyl sites for hydroxylation is 1. The molecule has 0 fully saturated rings. The number of nitrogens with zero attached hydrogens (tertiary/aromatic N) is 2. The Morgan fingerprint density at radius 2 is 2.19 bits per heavy atom. The van der Waals surface area contributed by atoms with Crippen LogP contribution in [0, 0.1) is 0 Å². The number of carboxylic acids is 1. The zero-order chi connectivity index (χ0) is 14.7. The maximum atomic E-state index is 10.4. The van der Waals surface area contributed by atoms with Gasteiger partial charge in [-0.15, -0.1) is 0 Å². The molecule has 21 heavy (non-hydrogen) atoms. The van der Waals surface area contributed by atoms with E-state index in [4.69, 9.17) is 14.4 Å². The summed E-state index contributed by atoms with van der Waals surface area (Å²) in [5, 5.41) is 12.5. The van der Waals surface area contributed by atoms with Crippen LogP contribution in [0.5, 0.6) is 0 Å². The van der Waals surface area contributed by atoms with E-state index in [1.807, 2.05) is 6.07 Å². The molecule has 1 aromatic heterocycles. The van der Waals surface area contributed by atoms with Crippen LogP contribution in [0.4, 0.5) is 0 Å². The molecular weight excluding hydrogens is 272 g/mol. The summed E-state index contributed by atoms with van der Waals surface area (Å²) in [4.78, 5) is 14.7. The van der Waals surface area contributed by atoms with Crippen LogP contribution in [0.25, 0.3) is 0 Å². The summed E-state index contributed by atoms with van der Waals surface area (Å²) in [7, 11) is 0. The Balaban J connectivity index is 1.63. The largest absolute Gasteiger partial charge is 0.480 e. The lowest BCUT2D eigenvalue weighted by atomic mass is 9.83. The number of rotatable bonds is 5. The predicted molar refractivity (Wildman–Crippen MR) is 72.8 cm³/mol. The lowest BCUT2D eigenvalue weighted by Crippen LogP contribution is -2.14. The number of carbonyl (C=O) groups is 1. The number of aliphatic carboxylic acids is 1. The lowest BCUT2D eigenvalue weighted by molar-refractivity contribution is -0.142. The third kappa shape index (κ3) is 3.28. The third-order valence-corrected chi connectivity index (χ3v) is 3.65. The number of ether oxygens (including phenoxy) is 1. The number of carboxylic acid groups (broad SMARTS) is 1. The van der Waals surface area contributed by atoms with Gasteiger partial charge < -0.3 is 14.4 Å². The molecule has 0 aliphatic heterocycles. The van der Waals surface area contributed by atoms with E-state index in [1.54, 1.807) is 0 Å². The van der Waals surface area contributed by atoms with Gasteiger partial charge in [-0.05, 0) is 30.4 Å². The fraction of sp³-hybridized carbons (Fsp3) is 0.400. The Labute approximate surface area is 121 Å². The molecule has 6 nitrogen and oxygen atoms in total. The summed E-state index contributed by atoms with van der Waals surface area (Å²) in [6.45, 7) is -0.336. The second-order valence-electron chi connectivity index (χ2n) is 5.14. The number of benzene rings is 1. The molecule has 1 atom stereocenters. The van der Waals surface area contributed by atoms with E-state index < -0.39 is 5.97 Å². The zero-order valence-corrected chi connectivity index (χ0v) is 11.5. The molecule has 0 amide bonds. The number of hydrogen-bond acceptors (Lipinski definition) is 5. The van der Waals surface area contributed by atoms with Crippen molar-refractivity contribution >= 4 is 5.97 Å². The highest BCUT2D eigenvalue weighted by atomic mass is 16.5. The first-order valence-electron chi connectivity index (χ1n) is 6.91. The molecule has 1 aliphatic carbocycles. The van der Waals surface area contributed by atoms with E-state index >= 15 is 0 Å². The first-order chi connectivity index (χ1) is 10.2. The van der Waals surface area contributed by atoms with E-state index in [0.29, 0.717) is 11.7 Å². The van der Waals surface area contributed by atoms with Gasteiger partial charge in [0.25, 0.3) is 5.89 Å². The van der Waals surface area contributed by atoms with E-state index in [0.717, 1.165) is 19.3 Å². The van der Waals surface area contributed by atoms with Gasteiger partial charge >= 0.3 is 5.97 Å². The van der Waals surface area contributed by atoms with Crippen molar-refractivity contribution in [3.05, 3.63) is 47.1 Å². The van der Waals surface area contributed by atoms with E-state index in [1.165, 1.54) is 11.1 Å². The summed E-state index contributed by atoms with van der Waals surface area (Å²) < 4.78 is 10.1. The van der Waals surface area contributed by atoms with Crippen LogP contribution in [-0.4, -0.2) is 27.8 Å². The fourth-order valence-corrected chi connectivity index (χ4v) is 2.64. The standard InChI is InChI=1S/C15H16N2O4/c18-14(19)9-20-8-13-16-15(17-21-13)12-6-5-10-3-1-2-4-11(10)7-12/h1-4,12H,5-9H2,(H,18,19). The van der Waals surface area contributed by atoms with Crippen molar-refractivity contribution < 1.29 is 19.2 Å². The topological polar surface area (TPSA) is 85.5 Å². The molecule has 0 bridgehead atoms. The second-order valence-corrected chi connectivity index (χ2v) is 5.14. The molecule has 1 aromatic carbocycles. The van der Waals surface area contributed by atoms with Gasteiger partial charge in [0.2, 0.25) is 0 Å². The summed E-state index contributed by atoms with van der Waals surface area (Å²) >= 11 is 0. The van der Waals surface area contributed by atoms with Gasteiger partial charge in [0.05, 0.1) is 0 Å². The van der Waals surface area contributed by atoms with Crippen LogP contribution < -0.4 is 0 Å². The van der Waals surface area contributed by atoms with Crippen molar-refractivity contribution in [1.82, 2.24) is 10.1 Å². The second kappa shape index (κ2) is 6.05. The van der Waals surface area contributed by atoms with Crippen LogP contribution in [0.3, 0.4) is 0 Å². The monoisotopic (exact) mass is 288 g/mol. The Morgan fingerprint density at radius 1 is 1.38 bits per heavy atom. The lowest BCUT2D eigenvalue weighted by Gasteiger charge is -2.21. The molecule has 1 unspecified atom stereocenters. The van der Waals surface area contributed by atoms with Crippen LogP contribution in [0.15, 0.2) is 28.8 Å². The molecule has 0 spiro atoms. The van der Waals surface area contributed by atoms with Crippen molar-refractivity contribution in [1.29, 1.82) is 0 Å². The number of hydrogen-bond donors (Lipinski definition) is 1. The average molecular weight is 288 g/mol. The van der Waals surface area contributed by atoms with Crippen LogP contribution in [-0.2, 0) is 29.0 Å². The van der Waals surface area contributed by atoms with Crippen molar-refractivity contribution in [2.45, 2.75) is 31.8 Å². The Hall–Kier alpha value is -2.21. The molecule has 1 aliphatic rings. The average Bonchev–Trinajstić information content (AvgIpc) is 2.95. The smallest absolute Gasteiger partial charge is 0.329 e. The highest BCUT2D eigenvalue weighted by Gasteiger charge is 2.24. The van der Waals surface area contributed by atoms with Gasteiger partial charge in [-0.25, -0.2) is 4.79 Å². The molecule has 1 heterocycles. The van der Waals surface area contributed by atoms with Crippen molar-refractivity contribution in [2.75, 3.05) is 6.61 Å². The highest BCUT2D eigenvalue weighted by Crippen LogP contribution is 2.31. The summed E-state index contributed by atoms with van der Waals surface area (Å²) in [5.41, 5.74) is 2.73. The van der Waals surface area contributed by atoms with Crippen molar-refractivity contribution in [3.8, 4) is 0 Å². The van der Waals surface area contributed by atoms with E-state index in [-0.39, 0.29) is 19.1 Å². The van der Waals surface area contributed by atoms with Crippen LogP contribution in [0.1, 0.15) is 35.2 Å². The maximum absolute atomic E-state index is 10.4. The summed E-state index contributed by atoms with van der Waals surface area (Å²) in [5.74, 6) is 0.235. The van der Waals surface area contributed by atoms with E-state index in [2.05, 4.69) is 28.3 Å². The Morgan fingerprint density at radius 3 is 3.00 bits per heavy atom. The number of fused-ring (bicyclic) bond motifs is 1. The Bertz CT molecular complexity index is 638. The van der Waals surface area contributed by atoms with Crippen molar-refractivity contribution in [2.24, 2.45) is 0 Å².